The summed E-state index contributed by atoms with van der Waals surface area (Å²) in [5, 5.41) is 3.34. The Morgan fingerprint density at radius 2 is 1.86 bits per heavy atom. The van der Waals surface area contributed by atoms with Crippen LogP contribution in [0.15, 0.2) is 24.3 Å². The predicted molar refractivity (Wildman–Crippen MR) is 63.0 cm³/mol. The Kier molecular flexibility index (Phi) is 4.77. The van der Waals surface area contributed by atoms with E-state index in [0.29, 0.717) is 5.88 Å². The topological polar surface area (TPSA) is 15.3 Å². The third-order valence-corrected chi connectivity index (χ3v) is 2.30. The first kappa shape index (κ1) is 11.3. The average molecular weight is 213 g/mol. The number of nitrogens with zero attached hydrogens (tertiary/aromatic N) is 1. The number of nitrogens with one attached hydrogen (secondary N) is 1. The molecule has 0 spiro atoms. The molecule has 3 heteroatoms. The number of hydrogen-bond donors (Lipinski definition) is 1. The Hall–Kier alpha value is -0.730. The monoisotopic (exact) mass is 212 g/mol. The smallest absolute Gasteiger partial charge is 0.0474 e. The van der Waals surface area contributed by atoms with Gasteiger partial charge in [0.15, 0.2) is 0 Å². The van der Waals surface area contributed by atoms with E-state index < -0.39 is 0 Å². The van der Waals surface area contributed by atoms with E-state index in [1.807, 2.05) is 12.1 Å². The lowest BCUT2D eigenvalue weighted by atomic mass is 10.2. The average Bonchev–Trinajstić information content (AvgIpc) is 2.18. The summed E-state index contributed by atoms with van der Waals surface area (Å²) >= 11 is 5.70. The van der Waals surface area contributed by atoms with Crippen LogP contribution in [0.3, 0.4) is 0 Å². The molecule has 1 N–H and O–H groups in total. The van der Waals surface area contributed by atoms with Crippen LogP contribution in [0.25, 0.3) is 0 Å². The first-order chi connectivity index (χ1) is 6.72. The van der Waals surface area contributed by atoms with Gasteiger partial charge in [-0.2, -0.15) is 0 Å². The molecule has 0 radical (unpaired) electrons. The van der Waals surface area contributed by atoms with Crippen LogP contribution >= 0.6 is 11.6 Å². The van der Waals surface area contributed by atoms with Crippen LogP contribution in [0.4, 0.5) is 5.69 Å². The lowest BCUT2D eigenvalue weighted by Gasteiger charge is -2.11. The molecular weight excluding hydrogens is 196 g/mol. The molecule has 14 heavy (non-hydrogen) atoms. The zero-order chi connectivity index (χ0) is 10.4. The molecule has 0 fully saturated rings. The maximum absolute atomic E-state index is 5.70. The van der Waals surface area contributed by atoms with Crippen molar-refractivity contribution in [1.82, 2.24) is 4.90 Å². The molecule has 0 unspecified atom stereocenters. The standard InChI is InChI=1S/C11H17ClN2/c1-14(2)8-7-13-11-5-3-10(9-12)4-6-11/h3-6,13H,7-9H2,1-2H3. The highest BCUT2D eigenvalue weighted by molar-refractivity contribution is 6.17. The first-order valence-corrected chi connectivity index (χ1v) is 5.29. The van der Waals surface area contributed by atoms with Gasteiger partial charge in [0.1, 0.15) is 0 Å². The van der Waals surface area contributed by atoms with Gasteiger partial charge in [-0.25, -0.2) is 0 Å². The van der Waals surface area contributed by atoms with Gasteiger partial charge in [0.25, 0.3) is 0 Å². The third kappa shape index (κ3) is 3.99. The number of alkyl halides is 1. The number of hydrogen-bond acceptors (Lipinski definition) is 2. The van der Waals surface area contributed by atoms with Crippen LogP contribution in [-0.2, 0) is 5.88 Å². The molecule has 0 aliphatic carbocycles. The highest BCUT2D eigenvalue weighted by Crippen LogP contribution is 2.10. The number of rotatable bonds is 5. The van der Waals surface area contributed by atoms with Gasteiger partial charge in [0, 0.05) is 24.7 Å². The Bertz CT molecular complexity index is 256. The van der Waals surface area contributed by atoms with Crippen molar-refractivity contribution in [3.05, 3.63) is 29.8 Å². The van der Waals surface area contributed by atoms with Crippen molar-refractivity contribution in [3.63, 3.8) is 0 Å². The molecule has 0 amide bonds. The van der Waals surface area contributed by atoms with Gasteiger partial charge < -0.3 is 10.2 Å². The summed E-state index contributed by atoms with van der Waals surface area (Å²) in [6.07, 6.45) is 0. The third-order valence-electron chi connectivity index (χ3n) is 2.00. The fraction of sp³-hybridized carbons (Fsp3) is 0.455. The molecule has 1 aromatic rings. The first-order valence-electron chi connectivity index (χ1n) is 4.76. The zero-order valence-corrected chi connectivity index (χ0v) is 9.51. The minimum Gasteiger partial charge on any atom is -0.384 e. The van der Waals surface area contributed by atoms with Crippen molar-refractivity contribution < 1.29 is 0 Å². The fourth-order valence-electron chi connectivity index (χ4n) is 1.14. The SMILES string of the molecule is CN(C)CCNc1ccc(CCl)cc1. The van der Waals surface area contributed by atoms with Crippen molar-refractivity contribution in [2.45, 2.75) is 5.88 Å². The number of anilines is 1. The number of benzene rings is 1. The van der Waals surface area contributed by atoms with E-state index in [1.54, 1.807) is 0 Å². The van der Waals surface area contributed by atoms with Crippen molar-refractivity contribution >= 4 is 17.3 Å². The van der Waals surface area contributed by atoms with E-state index in [-0.39, 0.29) is 0 Å². The van der Waals surface area contributed by atoms with Gasteiger partial charge in [0.05, 0.1) is 0 Å². The summed E-state index contributed by atoms with van der Waals surface area (Å²) in [7, 11) is 4.14. The Morgan fingerprint density at radius 1 is 1.21 bits per heavy atom. The van der Waals surface area contributed by atoms with Crippen LogP contribution in [0.1, 0.15) is 5.56 Å². The van der Waals surface area contributed by atoms with E-state index in [4.69, 9.17) is 11.6 Å². The molecule has 0 aromatic heterocycles. The number of likely N-dealkylation sites (N-methyl/N-ethyl adjacent to an activating group) is 1. The van der Waals surface area contributed by atoms with Crippen LogP contribution in [-0.4, -0.2) is 32.1 Å². The molecule has 0 aliphatic rings. The molecule has 78 valence electrons. The molecule has 0 aliphatic heterocycles. The van der Waals surface area contributed by atoms with Gasteiger partial charge in [-0.15, -0.1) is 11.6 Å². The summed E-state index contributed by atoms with van der Waals surface area (Å²) in [6.45, 7) is 2.00. The Balaban J connectivity index is 2.36. The Morgan fingerprint density at radius 3 is 2.36 bits per heavy atom. The summed E-state index contributed by atoms with van der Waals surface area (Å²) in [5.41, 5.74) is 2.31. The van der Waals surface area contributed by atoms with E-state index in [2.05, 4.69) is 36.4 Å². The molecule has 0 atom stereocenters. The maximum atomic E-state index is 5.70. The largest absolute Gasteiger partial charge is 0.384 e. The normalized spacial score (nSPS) is 10.6. The fourth-order valence-corrected chi connectivity index (χ4v) is 1.31. The Labute approximate surface area is 90.9 Å². The van der Waals surface area contributed by atoms with Crippen LogP contribution in [0, 0.1) is 0 Å². The van der Waals surface area contributed by atoms with E-state index in [0.717, 1.165) is 24.3 Å². The second-order valence-electron chi connectivity index (χ2n) is 3.56. The van der Waals surface area contributed by atoms with Gasteiger partial charge in [-0.05, 0) is 31.8 Å². The molecule has 0 saturated carbocycles. The van der Waals surface area contributed by atoms with E-state index in [9.17, 15) is 0 Å². The molecule has 2 nitrogen and oxygen atoms in total. The summed E-state index contributed by atoms with van der Waals surface area (Å²) in [6, 6.07) is 8.22. The van der Waals surface area contributed by atoms with Gasteiger partial charge in [-0.1, -0.05) is 12.1 Å². The van der Waals surface area contributed by atoms with E-state index >= 15 is 0 Å². The van der Waals surface area contributed by atoms with Crippen LogP contribution in [0.2, 0.25) is 0 Å². The highest BCUT2D eigenvalue weighted by Gasteiger charge is 1.93. The van der Waals surface area contributed by atoms with Crippen molar-refractivity contribution in [3.8, 4) is 0 Å². The summed E-state index contributed by atoms with van der Waals surface area (Å²) in [4.78, 5) is 2.15. The minimum atomic E-state index is 0.581. The molecule has 1 rings (SSSR count). The minimum absolute atomic E-state index is 0.581. The predicted octanol–water partition coefficient (Wildman–Crippen LogP) is 2.40. The van der Waals surface area contributed by atoms with Crippen LogP contribution < -0.4 is 5.32 Å². The lowest BCUT2D eigenvalue weighted by Crippen LogP contribution is -2.20. The molecule has 0 saturated heterocycles. The maximum Gasteiger partial charge on any atom is 0.0474 e. The highest BCUT2D eigenvalue weighted by atomic mass is 35.5. The quantitative estimate of drug-likeness (QED) is 0.755. The molecular formula is C11H17ClN2. The van der Waals surface area contributed by atoms with Gasteiger partial charge in [-0.3, -0.25) is 0 Å². The summed E-state index contributed by atoms with van der Waals surface area (Å²) < 4.78 is 0. The van der Waals surface area contributed by atoms with Gasteiger partial charge >= 0.3 is 0 Å². The lowest BCUT2D eigenvalue weighted by molar-refractivity contribution is 0.425. The van der Waals surface area contributed by atoms with Crippen molar-refractivity contribution in [2.24, 2.45) is 0 Å². The van der Waals surface area contributed by atoms with Gasteiger partial charge in [0.2, 0.25) is 0 Å². The zero-order valence-electron chi connectivity index (χ0n) is 8.76. The number of halogens is 1. The van der Waals surface area contributed by atoms with E-state index in [1.165, 1.54) is 0 Å². The second kappa shape index (κ2) is 5.89. The summed E-state index contributed by atoms with van der Waals surface area (Å²) in [5.74, 6) is 0.581. The molecule has 0 bridgehead atoms. The van der Waals surface area contributed by atoms with Crippen LogP contribution in [0.5, 0.6) is 0 Å². The van der Waals surface area contributed by atoms with Crippen molar-refractivity contribution in [2.75, 3.05) is 32.5 Å². The molecule has 0 heterocycles. The van der Waals surface area contributed by atoms with Crippen molar-refractivity contribution in [1.29, 1.82) is 0 Å². The second-order valence-corrected chi connectivity index (χ2v) is 3.83. The molecule has 1 aromatic carbocycles.